The van der Waals surface area contributed by atoms with Crippen LogP contribution >= 0.6 is 0 Å². The summed E-state index contributed by atoms with van der Waals surface area (Å²) in [5.41, 5.74) is 3.12. The van der Waals surface area contributed by atoms with Crippen molar-refractivity contribution in [3.8, 4) is 0 Å². The molecule has 0 bridgehead atoms. The predicted octanol–water partition coefficient (Wildman–Crippen LogP) is 3.44. The number of nitrogens with one attached hydrogen (secondary N) is 1. The SMILES string of the molecule is CCNC(C(C)CCOC)C1CCc2ccccc2C1. The molecule has 2 heteroatoms. The van der Waals surface area contributed by atoms with Crippen LogP contribution in [0.1, 0.15) is 37.8 Å². The molecule has 0 aliphatic heterocycles. The summed E-state index contributed by atoms with van der Waals surface area (Å²) < 4.78 is 5.26. The number of methoxy groups -OCH3 is 1. The van der Waals surface area contributed by atoms with Gasteiger partial charge in [-0.15, -0.1) is 0 Å². The van der Waals surface area contributed by atoms with Gasteiger partial charge in [0.25, 0.3) is 0 Å². The lowest BCUT2D eigenvalue weighted by atomic mass is 9.76. The monoisotopic (exact) mass is 275 g/mol. The van der Waals surface area contributed by atoms with Crippen molar-refractivity contribution < 1.29 is 4.74 Å². The molecule has 1 aromatic rings. The zero-order valence-corrected chi connectivity index (χ0v) is 13.2. The van der Waals surface area contributed by atoms with Gasteiger partial charge in [-0.05, 0) is 55.2 Å². The molecule has 0 fully saturated rings. The molecule has 2 rings (SSSR count). The van der Waals surface area contributed by atoms with Gasteiger partial charge >= 0.3 is 0 Å². The Labute approximate surface area is 123 Å². The molecule has 1 aliphatic carbocycles. The highest BCUT2D eigenvalue weighted by Crippen LogP contribution is 2.30. The maximum absolute atomic E-state index is 5.26. The summed E-state index contributed by atoms with van der Waals surface area (Å²) in [6.45, 7) is 6.51. The van der Waals surface area contributed by atoms with Crippen LogP contribution in [0.15, 0.2) is 24.3 Å². The van der Waals surface area contributed by atoms with E-state index >= 15 is 0 Å². The quantitative estimate of drug-likeness (QED) is 0.823. The Bertz CT molecular complexity index is 404. The predicted molar refractivity (Wildman–Crippen MR) is 85.1 cm³/mol. The smallest absolute Gasteiger partial charge is 0.0465 e. The zero-order valence-electron chi connectivity index (χ0n) is 13.2. The summed E-state index contributed by atoms with van der Waals surface area (Å²) in [5.74, 6) is 1.43. The fourth-order valence-corrected chi connectivity index (χ4v) is 3.58. The minimum Gasteiger partial charge on any atom is -0.385 e. The third kappa shape index (κ3) is 3.83. The number of aryl methyl sites for hydroxylation is 1. The number of ether oxygens (including phenoxy) is 1. The molecule has 0 radical (unpaired) electrons. The summed E-state index contributed by atoms with van der Waals surface area (Å²) in [5, 5.41) is 3.74. The topological polar surface area (TPSA) is 21.3 Å². The number of hydrogen-bond donors (Lipinski definition) is 1. The van der Waals surface area contributed by atoms with E-state index in [-0.39, 0.29) is 0 Å². The average molecular weight is 275 g/mol. The first-order valence-electron chi connectivity index (χ1n) is 8.05. The van der Waals surface area contributed by atoms with Crippen LogP contribution in [0.3, 0.4) is 0 Å². The molecule has 0 heterocycles. The molecular formula is C18H29NO. The summed E-state index contributed by atoms with van der Waals surface area (Å²) in [6, 6.07) is 9.57. The lowest BCUT2D eigenvalue weighted by Crippen LogP contribution is -2.43. The molecule has 3 unspecified atom stereocenters. The normalized spacial score (nSPS) is 21.2. The fourth-order valence-electron chi connectivity index (χ4n) is 3.58. The Morgan fingerprint density at radius 2 is 2.05 bits per heavy atom. The standard InChI is InChI=1S/C18H29NO/c1-4-19-18(14(2)11-12-20-3)17-10-9-15-7-5-6-8-16(15)13-17/h5-8,14,17-19H,4,9-13H2,1-3H3. The molecule has 0 saturated carbocycles. The molecule has 1 N–H and O–H groups in total. The van der Waals surface area contributed by atoms with Crippen LogP contribution in [0.5, 0.6) is 0 Å². The van der Waals surface area contributed by atoms with Gasteiger partial charge in [-0.3, -0.25) is 0 Å². The number of hydrogen-bond acceptors (Lipinski definition) is 2. The molecule has 0 aromatic heterocycles. The molecule has 0 amide bonds. The molecule has 0 saturated heterocycles. The van der Waals surface area contributed by atoms with Crippen LogP contribution in [-0.4, -0.2) is 26.3 Å². The van der Waals surface area contributed by atoms with Gasteiger partial charge in [0.1, 0.15) is 0 Å². The van der Waals surface area contributed by atoms with Crippen molar-refractivity contribution in [2.24, 2.45) is 11.8 Å². The zero-order chi connectivity index (χ0) is 14.4. The minimum absolute atomic E-state index is 0.614. The lowest BCUT2D eigenvalue weighted by molar-refractivity contribution is 0.155. The van der Waals surface area contributed by atoms with Crippen molar-refractivity contribution in [2.45, 2.75) is 45.6 Å². The maximum atomic E-state index is 5.26. The average Bonchev–Trinajstić information content (AvgIpc) is 2.49. The highest BCUT2D eigenvalue weighted by molar-refractivity contribution is 5.30. The molecule has 112 valence electrons. The Morgan fingerprint density at radius 3 is 2.75 bits per heavy atom. The molecule has 20 heavy (non-hydrogen) atoms. The third-order valence-electron chi connectivity index (χ3n) is 4.72. The van der Waals surface area contributed by atoms with Crippen molar-refractivity contribution in [1.82, 2.24) is 5.32 Å². The Hall–Kier alpha value is -0.860. The Morgan fingerprint density at radius 1 is 1.30 bits per heavy atom. The van der Waals surface area contributed by atoms with Gasteiger partial charge < -0.3 is 10.1 Å². The van der Waals surface area contributed by atoms with E-state index in [0.29, 0.717) is 12.0 Å². The summed E-state index contributed by atoms with van der Waals surface area (Å²) >= 11 is 0. The van der Waals surface area contributed by atoms with Crippen molar-refractivity contribution in [2.75, 3.05) is 20.3 Å². The highest BCUT2D eigenvalue weighted by Gasteiger charge is 2.29. The van der Waals surface area contributed by atoms with Gasteiger partial charge in [0.2, 0.25) is 0 Å². The van der Waals surface area contributed by atoms with E-state index in [1.165, 1.54) is 19.3 Å². The first-order chi connectivity index (χ1) is 9.76. The number of rotatable bonds is 7. The summed E-state index contributed by atoms with van der Waals surface area (Å²) in [4.78, 5) is 0. The second-order valence-electron chi connectivity index (χ2n) is 6.11. The van der Waals surface area contributed by atoms with Crippen molar-refractivity contribution in [3.63, 3.8) is 0 Å². The second-order valence-corrected chi connectivity index (χ2v) is 6.11. The van der Waals surface area contributed by atoms with Gasteiger partial charge in [-0.2, -0.15) is 0 Å². The van der Waals surface area contributed by atoms with Gasteiger partial charge in [-0.1, -0.05) is 38.1 Å². The van der Waals surface area contributed by atoms with Crippen LogP contribution in [0, 0.1) is 11.8 Å². The molecule has 2 nitrogen and oxygen atoms in total. The van der Waals surface area contributed by atoms with Crippen molar-refractivity contribution >= 4 is 0 Å². The van der Waals surface area contributed by atoms with Crippen LogP contribution in [0.4, 0.5) is 0 Å². The molecule has 1 aromatic carbocycles. The number of fused-ring (bicyclic) bond motifs is 1. The first-order valence-corrected chi connectivity index (χ1v) is 8.05. The maximum Gasteiger partial charge on any atom is 0.0465 e. The van der Waals surface area contributed by atoms with E-state index in [1.807, 2.05) is 0 Å². The molecule has 1 aliphatic rings. The molecule has 3 atom stereocenters. The van der Waals surface area contributed by atoms with Gasteiger partial charge in [0.05, 0.1) is 0 Å². The van der Waals surface area contributed by atoms with E-state index < -0.39 is 0 Å². The Kier molecular flexibility index (Phi) is 6.06. The van der Waals surface area contributed by atoms with Gasteiger partial charge in [-0.25, -0.2) is 0 Å². The third-order valence-corrected chi connectivity index (χ3v) is 4.72. The van der Waals surface area contributed by atoms with Crippen LogP contribution in [0.25, 0.3) is 0 Å². The number of benzene rings is 1. The Balaban J connectivity index is 2.03. The lowest BCUT2D eigenvalue weighted by Gasteiger charge is -2.36. The summed E-state index contributed by atoms with van der Waals surface area (Å²) in [6.07, 6.45) is 4.92. The van der Waals surface area contributed by atoms with Crippen LogP contribution in [-0.2, 0) is 17.6 Å². The van der Waals surface area contributed by atoms with Gasteiger partial charge in [0, 0.05) is 19.8 Å². The van der Waals surface area contributed by atoms with E-state index in [1.54, 1.807) is 18.2 Å². The summed E-state index contributed by atoms with van der Waals surface area (Å²) in [7, 11) is 1.80. The van der Waals surface area contributed by atoms with Crippen molar-refractivity contribution in [3.05, 3.63) is 35.4 Å². The van der Waals surface area contributed by atoms with Crippen LogP contribution < -0.4 is 5.32 Å². The first kappa shape index (κ1) is 15.5. The van der Waals surface area contributed by atoms with E-state index in [9.17, 15) is 0 Å². The highest BCUT2D eigenvalue weighted by atomic mass is 16.5. The molecular weight excluding hydrogens is 246 g/mol. The fraction of sp³-hybridized carbons (Fsp3) is 0.667. The molecule has 0 spiro atoms. The van der Waals surface area contributed by atoms with E-state index in [0.717, 1.165) is 25.5 Å². The largest absolute Gasteiger partial charge is 0.385 e. The van der Waals surface area contributed by atoms with E-state index in [2.05, 4.69) is 43.4 Å². The second kappa shape index (κ2) is 7.80. The minimum atomic E-state index is 0.614. The van der Waals surface area contributed by atoms with Gasteiger partial charge in [0.15, 0.2) is 0 Å². The van der Waals surface area contributed by atoms with Crippen LogP contribution in [0.2, 0.25) is 0 Å². The van der Waals surface area contributed by atoms with Crippen molar-refractivity contribution in [1.29, 1.82) is 0 Å². The van der Waals surface area contributed by atoms with E-state index in [4.69, 9.17) is 4.74 Å².